The first kappa shape index (κ1) is 13.1. The quantitative estimate of drug-likeness (QED) is 0.467. The number of carboxylic acid groups (broad SMARTS) is 2. The zero-order chi connectivity index (χ0) is 11.8. The van der Waals surface area contributed by atoms with Gasteiger partial charge in [-0.2, -0.15) is 0 Å². The van der Waals surface area contributed by atoms with E-state index in [9.17, 15) is 19.2 Å². The Morgan fingerprint density at radius 2 is 1.07 bits per heavy atom. The van der Waals surface area contributed by atoms with Crippen molar-refractivity contribution in [1.82, 2.24) is 0 Å². The summed E-state index contributed by atoms with van der Waals surface area (Å²) in [6, 6.07) is 0. The summed E-state index contributed by atoms with van der Waals surface area (Å²) in [4.78, 5) is 41.6. The molecule has 7 nitrogen and oxygen atoms in total. The Hall–Kier alpha value is -1.92. The molecule has 0 radical (unpaired) electrons. The average Bonchev–Trinajstić information content (AvgIpc) is 2.11. The number of hydrogen-bond acceptors (Lipinski definition) is 5. The molecule has 7 heteroatoms. The number of carbonyl (C=O) groups excluding carboxylic acids is 2. The number of aliphatic carboxylic acids is 2. The van der Waals surface area contributed by atoms with Crippen molar-refractivity contribution in [3.05, 3.63) is 0 Å². The molecule has 0 fully saturated rings. The second-order valence-electron chi connectivity index (χ2n) is 2.63. The Balaban J connectivity index is 3.71. The van der Waals surface area contributed by atoms with E-state index >= 15 is 0 Å². The third-order valence-electron chi connectivity index (χ3n) is 1.31. The van der Waals surface area contributed by atoms with Gasteiger partial charge in [-0.1, -0.05) is 0 Å². The number of esters is 2. The second-order valence-corrected chi connectivity index (χ2v) is 2.63. The lowest BCUT2D eigenvalue weighted by atomic mass is 10.3. The highest BCUT2D eigenvalue weighted by Gasteiger charge is 2.13. The van der Waals surface area contributed by atoms with Gasteiger partial charge in [0.15, 0.2) is 0 Å². The molecule has 0 aliphatic heterocycles. The highest BCUT2D eigenvalue weighted by Crippen LogP contribution is 1.97. The van der Waals surface area contributed by atoms with Crippen molar-refractivity contribution in [2.75, 3.05) is 0 Å². The van der Waals surface area contributed by atoms with Crippen LogP contribution >= 0.6 is 0 Å². The predicted molar refractivity (Wildman–Crippen MR) is 44.8 cm³/mol. The van der Waals surface area contributed by atoms with Crippen LogP contribution in [0.3, 0.4) is 0 Å². The number of carbonyl (C=O) groups is 4. The van der Waals surface area contributed by atoms with E-state index in [1.165, 1.54) is 0 Å². The molecule has 0 aromatic rings. The lowest BCUT2D eigenvalue weighted by Gasteiger charge is -1.99. The maximum atomic E-state index is 10.7. The Morgan fingerprint density at radius 1 is 0.733 bits per heavy atom. The van der Waals surface area contributed by atoms with Crippen LogP contribution in [-0.2, 0) is 23.9 Å². The predicted octanol–water partition coefficient (Wildman–Crippen LogP) is -0.214. The molecule has 0 rings (SSSR count). The Labute approximate surface area is 84.6 Å². The van der Waals surface area contributed by atoms with Gasteiger partial charge in [0, 0.05) is 0 Å². The normalized spacial score (nSPS) is 9.33. The topological polar surface area (TPSA) is 118 Å². The van der Waals surface area contributed by atoms with Crippen LogP contribution in [0, 0.1) is 0 Å². The van der Waals surface area contributed by atoms with Gasteiger partial charge in [-0.05, 0) is 0 Å². The summed E-state index contributed by atoms with van der Waals surface area (Å²) in [7, 11) is 0. The summed E-state index contributed by atoms with van der Waals surface area (Å²) in [6.07, 6.45) is -1.67. The van der Waals surface area contributed by atoms with Crippen LogP contribution < -0.4 is 0 Å². The minimum atomic E-state index is -1.18. The van der Waals surface area contributed by atoms with Crippen molar-refractivity contribution in [1.29, 1.82) is 0 Å². The second kappa shape index (κ2) is 6.52. The fourth-order valence-corrected chi connectivity index (χ4v) is 0.647. The van der Waals surface area contributed by atoms with E-state index in [2.05, 4.69) is 4.74 Å². The largest absolute Gasteiger partial charge is 0.481 e. The van der Waals surface area contributed by atoms with E-state index in [-0.39, 0.29) is 0 Å². The van der Waals surface area contributed by atoms with E-state index in [1.54, 1.807) is 0 Å². The fraction of sp³-hybridized carbons (Fsp3) is 0.500. The van der Waals surface area contributed by atoms with E-state index < -0.39 is 49.6 Å². The molecular weight excluding hydrogens is 208 g/mol. The number of carboxylic acids is 2. The average molecular weight is 218 g/mol. The molecule has 0 unspecified atom stereocenters. The van der Waals surface area contributed by atoms with Crippen LogP contribution in [0.4, 0.5) is 0 Å². The Bertz CT molecular complexity index is 253. The summed E-state index contributed by atoms with van der Waals surface area (Å²) in [5.74, 6) is -4.28. The minimum absolute atomic E-state index is 0.409. The van der Waals surface area contributed by atoms with Gasteiger partial charge in [0.2, 0.25) is 0 Å². The van der Waals surface area contributed by atoms with Crippen LogP contribution in [0.5, 0.6) is 0 Å². The number of rotatable bonds is 6. The third kappa shape index (κ3) is 8.41. The zero-order valence-corrected chi connectivity index (χ0v) is 7.76. The minimum Gasteiger partial charge on any atom is -0.481 e. The van der Waals surface area contributed by atoms with Crippen molar-refractivity contribution in [3.8, 4) is 0 Å². The van der Waals surface area contributed by atoms with Crippen LogP contribution in [0.2, 0.25) is 0 Å². The molecule has 0 saturated heterocycles. The van der Waals surface area contributed by atoms with E-state index in [4.69, 9.17) is 10.2 Å². The summed E-state index contributed by atoms with van der Waals surface area (Å²) < 4.78 is 4.15. The van der Waals surface area contributed by atoms with Crippen LogP contribution in [0.1, 0.15) is 25.7 Å². The Kier molecular flexibility index (Phi) is 5.69. The maximum absolute atomic E-state index is 10.7. The molecule has 0 spiro atoms. The molecule has 0 atom stereocenters. The van der Waals surface area contributed by atoms with E-state index in [0.29, 0.717) is 0 Å². The van der Waals surface area contributed by atoms with Gasteiger partial charge < -0.3 is 14.9 Å². The molecule has 0 saturated carbocycles. The molecule has 0 aromatic carbocycles. The van der Waals surface area contributed by atoms with Crippen molar-refractivity contribution < 1.29 is 34.1 Å². The molecule has 0 aliphatic rings. The Morgan fingerprint density at radius 3 is 1.33 bits per heavy atom. The first-order valence-electron chi connectivity index (χ1n) is 4.09. The smallest absolute Gasteiger partial charge is 0.314 e. The van der Waals surface area contributed by atoms with Gasteiger partial charge in [0.25, 0.3) is 0 Å². The molecule has 0 aliphatic carbocycles. The molecule has 15 heavy (non-hydrogen) atoms. The lowest BCUT2D eigenvalue weighted by molar-refractivity contribution is -0.162. The van der Waals surface area contributed by atoms with Gasteiger partial charge in [0.05, 0.1) is 25.7 Å². The van der Waals surface area contributed by atoms with E-state index in [0.717, 1.165) is 0 Å². The van der Waals surface area contributed by atoms with Gasteiger partial charge in [0.1, 0.15) is 0 Å². The first-order valence-corrected chi connectivity index (χ1v) is 4.09. The number of ether oxygens (including phenoxy) is 1. The molecule has 0 bridgehead atoms. The van der Waals surface area contributed by atoms with Crippen molar-refractivity contribution in [3.63, 3.8) is 0 Å². The highest BCUT2D eigenvalue weighted by molar-refractivity contribution is 5.88. The summed E-state index contributed by atoms with van der Waals surface area (Å²) in [6.45, 7) is 0. The van der Waals surface area contributed by atoms with Crippen LogP contribution in [-0.4, -0.2) is 34.1 Å². The standard InChI is InChI=1S/C8H10O7/c9-5(10)1-3-7(13)15-8(14)4-2-6(11)12/h1-4H2,(H,9,10)(H,11,12). The molecule has 84 valence electrons. The molecule has 0 amide bonds. The van der Waals surface area contributed by atoms with Crippen molar-refractivity contribution >= 4 is 23.9 Å². The highest BCUT2D eigenvalue weighted by atomic mass is 16.6. The van der Waals surface area contributed by atoms with Crippen molar-refractivity contribution in [2.24, 2.45) is 0 Å². The van der Waals surface area contributed by atoms with Crippen LogP contribution in [0.15, 0.2) is 0 Å². The molecule has 0 heterocycles. The van der Waals surface area contributed by atoms with Gasteiger partial charge in [-0.3, -0.25) is 19.2 Å². The monoisotopic (exact) mass is 218 g/mol. The van der Waals surface area contributed by atoms with Gasteiger partial charge in [-0.25, -0.2) is 0 Å². The molecule has 2 N–H and O–H groups in total. The van der Waals surface area contributed by atoms with Gasteiger partial charge in [-0.15, -0.1) is 0 Å². The summed E-state index contributed by atoms with van der Waals surface area (Å²) in [5, 5.41) is 16.4. The van der Waals surface area contributed by atoms with Crippen molar-refractivity contribution in [2.45, 2.75) is 25.7 Å². The van der Waals surface area contributed by atoms with E-state index in [1.807, 2.05) is 0 Å². The molecular formula is C8H10O7. The lowest BCUT2D eigenvalue weighted by Crippen LogP contribution is -2.14. The summed E-state index contributed by atoms with van der Waals surface area (Å²) >= 11 is 0. The van der Waals surface area contributed by atoms with Crippen LogP contribution in [0.25, 0.3) is 0 Å². The number of hydrogen-bond donors (Lipinski definition) is 2. The third-order valence-corrected chi connectivity index (χ3v) is 1.31. The SMILES string of the molecule is O=C(O)CCC(=O)OC(=O)CCC(=O)O. The maximum Gasteiger partial charge on any atom is 0.314 e. The first-order chi connectivity index (χ1) is 6.91. The van der Waals surface area contributed by atoms with Gasteiger partial charge >= 0.3 is 23.9 Å². The fourth-order valence-electron chi connectivity index (χ4n) is 0.647. The summed E-state index contributed by atoms with van der Waals surface area (Å²) in [5.41, 5.74) is 0. The molecule has 0 aromatic heterocycles. The zero-order valence-electron chi connectivity index (χ0n) is 7.76.